The lowest BCUT2D eigenvalue weighted by Gasteiger charge is -1.99. The number of hydrogen-bond donors (Lipinski definition) is 2. The van der Waals surface area contributed by atoms with Gasteiger partial charge >= 0.3 is 0 Å². The molecule has 0 aliphatic heterocycles. The van der Waals surface area contributed by atoms with Gasteiger partial charge in [-0.2, -0.15) is 0 Å². The second-order valence-corrected chi connectivity index (χ2v) is 4.63. The van der Waals surface area contributed by atoms with Crippen LogP contribution in [0.1, 0.15) is 0 Å². The molecule has 0 amide bonds. The van der Waals surface area contributed by atoms with Gasteiger partial charge in [0.1, 0.15) is 5.82 Å². The van der Waals surface area contributed by atoms with E-state index in [0.717, 1.165) is 16.2 Å². The predicted molar refractivity (Wildman–Crippen MR) is 63.1 cm³/mol. The molecule has 0 saturated carbocycles. The van der Waals surface area contributed by atoms with Gasteiger partial charge in [-0.15, -0.1) is 0 Å². The summed E-state index contributed by atoms with van der Waals surface area (Å²) in [5.41, 5.74) is 5.15. The highest BCUT2D eigenvalue weighted by Crippen LogP contribution is 2.20. The van der Waals surface area contributed by atoms with Crippen molar-refractivity contribution in [2.24, 2.45) is 0 Å². The van der Waals surface area contributed by atoms with Crippen molar-refractivity contribution < 1.29 is 0 Å². The van der Waals surface area contributed by atoms with Crippen molar-refractivity contribution in [2.45, 2.75) is 10.3 Å². The molecule has 0 fully saturated rings. The van der Waals surface area contributed by atoms with Gasteiger partial charge < -0.3 is 10.7 Å². The van der Waals surface area contributed by atoms with E-state index in [-0.39, 0.29) is 11.4 Å². The first-order chi connectivity index (χ1) is 7.63. The first-order valence-electron chi connectivity index (χ1n) is 4.16. The number of anilines is 1. The maximum Gasteiger partial charge on any atom is 0.253 e. The van der Waals surface area contributed by atoms with Gasteiger partial charge in [-0.1, -0.05) is 0 Å². The number of nitrogens with zero attached hydrogens (tertiary/aromatic N) is 3. The lowest BCUT2D eigenvalue weighted by atomic mass is 10.6. The normalized spacial score (nSPS) is 10.3. The van der Waals surface area contributed by atoms with E-state index < -0.39 is 0 Å². The average Bonchev–Trinajstić information content (AvgIpc) is 2.20. The second-order valence-electron chi connectivity index (χ2n) is 2.76. The molecule has 0 unspecified atom stereocenters. The molecule has 2 rings (SSSR count). The minimum atomic E-state index is -0.299. The third kappa shape index (κ3) is 2.80. The molecular weight excluding hydrogens is 294 g/mol. The molecule has 0 aromatic carbocycles. The minimum Gasteiger partial charge on any atom is -0.383 e. The van der Waals surface area contributed by atoms with Crippen LogP contribution < -0.4 is 11.3 Å². The largest absolute Gasteiger partial charge is 0.383 e. The Morgan fingerprint density at radius 2 is 2.06 bits per heavy atom. The number of hydrogen-bond acceptors (Lipinski definition) is 6. The fourth-order valence-corrected chi connectivity index (χ4v) is 1.83. The average molecular weight is 300 g/mol. The minimum absolute atomic E-state index is 0.170. The predicted octanol–water partition coefficient (Wildman–Crippen LogP) is 1.06. The first-order valence-corrected chi connectivity index (χ1v) is 5.77. The van der Waals surface area contributed by atoms with Crippen LogP contribution in [0.4, 0.5) is 5.82 Å². The van der Waals surface area contributed by atoms with Crippen LogP contribution in [0.3, 0.4) is 0 Å². The number of aromatic amines is 1. The third-order valence-corrected chi connectivity index (χ3v) is 2.71. The van der Waals surface area contributed by atoms with E-state index in [1.54, 1.807) is 12.4 Å². The van der Waals surface area contributed by atoms with Crippen LogP contribution in [-0.2, 0) is 0 Å². The Bertz CT molecular complexity index is 555. The molecule has 6 nitrogen and oxygen atoms in total. The molecular formula is C8H6BrN5OS. The van der Waals surface area contributed by atoms with Crippen molar-refractivity contribution in [3.63, 3.8) is 0 Å². The lowest BCUT2D eigenvalue weighted by Crippen LogP contribution is -2.09. The summed E-state index contributed by atoms with van der Waals surface area (Å²) in [5, 5.41) is 0.851. The van der Waals surface area contributed by atoms with Gasteiger partial charge in [0, 0.05) is 18.5 Å². The van der Waals surface area contributed by atoms with Crippen molar-refractivity contribution in [2.75, 3.05) is 5.73 Å². The van der Waals surface area contributed by atoms with Gasteiger partial charge in [-0.3, -0.25) is 4.79 Å². The highest BCUT2D eigenvalue weighted by molar-refractivity contribution is 9.10. The summed E-state index contributed by atoms with van der Waals surface area (Å²) in [6.45, 7) is 0. The maximum atomic E-state index is 11.1. The molecule has 0 spiro atoms. The number of aromatic nitrogens is 4. The van der Waals surface area contributed by atoms with Gasteiger partial charge in [0.05, 0.1) is 4.47 Å². The Morgan fingerprint density at radius 1 is 1.38 bits per heavy atom. The number of nitrogens with one attached hydrogen (secondary N) is 1. The Morgan fingerprint density at radius 3 is 2.69 bits per heavy atom. The standard InChI is InChI=1S/C8H6BrN5OS/c9-4-2-11-7(12-3-4)16-8-13-5(10)1-6(15)14-8/h1-3H,(H3,10,13,14,15). The number of nitrogen functional groups attached to an aromatic ring is 1. The Labute approximate surface area is 103 Å². The van der Waals surface area contributed by atoms with E-state index in [4.69, 9.17) is 5.73 Å². The lowest BCUT2D eigenvalue weighted by molar-refractivity contribution is 0.913. The highest BCUT2D eigenvalue weighted by Gasteiger charge is 2.03. The molecule has 3 N–H and O–H groups in total. The molecule has 0 bridgehead atoms. The Hall–Kier alpha value is -1.41. The van der Waals surface area contributed by atoms with Crippen molar-refractivity contribution in [1.29, 1.82) is 0 Å². The SMILES string of the molecule is Nc1cc(=O)[nH]c(Sc2ncc(Br)cn2)n1. The van der Waals surface area contributed by atoms with E-state index in [0.29, 0.717) is 10.3 Å². The van der Waals surface area contributed by atoms with Crippen molar-refractivity contribution in [1.82, 2.24) is 19.9 Å². The zero-order valence-corrected chi connectivity index (χ0v) is 10.2. The molecule has 2 heterocycles. The zero-order chi connectivity index (χ0) is 11.5. The highest BCUT2D eigenvalue weighted by atomic mass is 79.9. The van der Waals surface area contributed by atoms with Gasteiger partial charge in [-0.05, 0) is 27.7 Å². The van der Waals surface area contributed by atoms with Crippen molar-refractivity contribution >= 4 is 33.5 Å². The summed E-state index contributed by atoms with van der Waals surface area (Å²) < 4.78 is 0.783. The Kier molecular flexibility index (Phi) is 3.20. The van der Waals surface area contributed by atoms with E-state index in [1.807, 2.05) is 0 Å². The molecule has 0 atom stereocenters. The topological polar surface area (TPSA) is 97.6 Å². The van der Waals surface area contributed by atoms with Crippen molar-refractivity contribution in [3.8, 4) is 0 Å². The fraction of sp³-hybridized carbons (Fsp3) is 0. The fourth-order valence-electron chi connectivity index (χ4n) is 0.941. The first kappa shape index (κ1) is 11.1. The van der Waals surface area contributed by atoms with E-state index in [9.17, 15) is 4.79 Å². The molecule has 16 heavy (non-hydrogen) atoms. The quantitative estimate of drug-likeness (QED) is 0.805. The summed E-state index contributed by atoms with van der Waals surface area (Å²) in [6.07, 6.45) is 3.22. The van der Waals surface area contributed by atoms with Crippen LogP contribution >= 0.6 is 27.7 Å². The molecule has 82 valence electrons. The molecule has 2 aromatic rings. The van der Waals surface area contributed by atoms with Crippen LogP contribution in [-0.4, -0.2) is 19.9 Å². The van der Waals surface area contributed by atoms with E-state index in [2.05, 4.69) is 35.9 Å². The molecule has 0 aliphatic rings. The van der Waals surface area contributed by atoms with Crippen LogP contribution in [0.5, 0.6) is 0 Å². The number of H-pyrrole nitrogens is 1. The summed E-state index contributed by atoms with van der Waals surface area (Å²) in [7, 11) is 0. The summed E-state index contributed by atoms with van der Waals surface area (Å²) in [6, 6.07) is 1.21. The smallest absolute Gasteiger partial charge is 0.253 e. The van der Waals surface area contributed by atoms with Crippen molar-refractivity contribution in [3.05, 3.63) is 33.3 Å². The molecule has 0 saturated heterocycles. The second kappa shape index (κ2) is 4.62. The van der Waals surface area contributed by atoms with Gasteiger partial charge in [-0.25, -0.2) is 15.0 Å². The number of nitrogens with two attached hydrogens (primary N) is 1. The third-order valence-electron chi connectivity index (χ3n) is 1.52. The molecule has 0 aliphatic carbocycles. The van der Waals surface area contributed by atoms with Crippen LogP contribution in [0.15, 0.2) is 38.0 Å². The van der Waals surface area contributed by atoms with Crippen LogP contribution in [0.2, 0.25) is 0 Å². The maximum absolute atomic E-state index is 11.1. The molecule has 2 aromatic heterocycles. The summed E-state index contributed by atoms with van der Waals surface area (Å²) in [4.78, 5) is 25.7. The Balaban J connectivity index is 2.26. The zero-order valence-electron chi connectivity index (χ0n) is 7.85. The number of rotatable bonds is 2. The van der Waals surface area contributed by atoms with E-state index in [1.165, 1.54) is 6.07 Å². The van der Waals surface area contributed by atoms with E-state index >= 15 is 0 Å². The van der Waals surface area contributed by atoms with Crippen LogP contribution in [0.25, 0.3) is 0 Å². The monoisotopic (exact) mass is 299 g/mol. The molecule has 8 heteroatoms. The molecule has 0 radical (unpaired) electrons. The van der Waals surface area contributed by atoms with Gasteiger partial charge in [0.15, 0.2) is 10.3 Å². The summed E-state index contributed by atoms with van der Waals surface area (Å²) in [5.74, 6) is 0.170. The number of halogens is 1. The van der Waals surface area contributed by atoms with Gasteiger partial charge in [0.25, 0.3) is 5.56 Å². The van der Waals surface area contributed by atoms with Crippen LogP contribution in [0, 0.1) is 0 Å². The summed E-state index contributed by atoms with van der Waals surface area (Å²) >= 11 is 4.36. The van der Waals surface area contributed by atoms with Gasteiger partial charge in [0.2, 0.25) is 0 Å².